The molecule has 5 nitrogen and oxygen atoms in total. The molecule has 0 aliphatic carbocycles. The fraction of sp³-hybridized carbons (Fsp3) is 0.333. The minimum absolute atomic E-state index is 0.00664. The Morgan fingerprint density at radius 3 is 1.97 bits per heavy atom. The molecular formula is C30H35N3O2. The quantitative estimate of drug-likeness (QED) is 0.469. The summed E-state index contributed by atoms with van der Waals surface area (Å²) in [5.74, 6) is 0.133. The molecule has 0 aromatic heterocycles. The van der Waals surface area contributed by atoms with Crippen molar-refractivity contribution in [3.8, 4) is 0 Å². The van der Waals surface area contributed by atoms with Gasteiger partial charge in [0, 0.05) is 48.6 Å². The molecule has 1 heterocycles. The summed E-state index contributed by atoms with van der Waals surface area (Å²) in [6.45, 7) is 5.99. The second kappa shape index (κ2) is 11.0. The highest BCUT2D eigenvalue weighted by molar-refractivity contribution is 6.09. The van der Waals surface area contributed by atoms with Crippen LogP contribution < -0.4 is 10.2 Å². The van der Waals surface area contributed by atoms with Crippen molar-refractivity contribution in [3.63, 3.8) is 0 Å². The number of hydrogen-bond donors (Lipinski definition) is 1. The fourth-order valence-corrected chi connectivity index (χ4v) is 4.93. The molecule has 0 amide bonds. The maximum Gasteiger partial charge on any atom is 0.193 e. The molecule has 35 heavy (non-hydrogen) atoms. The van der Waals surface area contributed by atoms with E-state index in [2.05, 4.69) is 29.3 Å². The molecule has 1 fully saturated rings. The highest BCUT2D eigenvalue weighted by Crippen LogP contribution is 2.29. The normalized spacial score (nSPS) is 15.6. The first kappa shape index (κ1) is 24.8. The van der Waals surface area contributed by atoms with Crippen LogP contribution in [-0.4, -0.2) is 62.3 Å². The molecule has 3 aromatic rings. The zero-order chi connectivity index (χ0) is 24.8. The third-order valence-corrected chi connectivity index (χ3v) is 7.22. The number of piperazine rings is 1. The Morgan fingerprint density at radius 2 is 1.40 bits per heavy atom. The van der Waals surface area contributed by atoms with Crippen molar-refractivity contribution in [2.75, 3.05) is 45.2 Å². The van der Waals surface area contributed by atoms with E-state index < -0.39 is 5.54 Å². The van der Waals surface area contributed by atoms with Crippen LogP contribution in [0.2, 0.25) is 0 Å². The van der Waals surface area contributed by atoms with Gasteiger partial charge in [-0.05, 0) is 56.8 Å². The Morgan fingerprint density at radius 1 is 0.829 bits per heavy atom. The van der Waals surface area contributed by atoms with Crippen LogP contribution in [0.15, 0.2) is 78.9 Å². The van der Waals surface area contributed by atoms with E-state index in [1.54, 1.807) is 0 Å². The molecule has 4 rings (SSSR count). The Bertz CT molecular complexity index is 1130. The van der Waals surface area contributed by atoms with Gasteiger partial charge in [-0.3, -0.25) is 14.5 Å². The fourth-order valence-electron chi connectivity index (χ4n) is 4.93. The smallest absolute Gasteiger partial charge is 0.193 e. The van der Waals surface area contributed by atoms with Gasteiger partial charge in [-0.1, -0.05) is 61.5 Å². The Kier molecular flexibility index (Phi) is 7.79. The van der Waals surface area contributed by atoms with Gasteiger partial charge in [0.1, 0.15) is 0 Å². The SMILES string of the molecule is CCC(Cc1ccc(C(=O)c2ccccc2)cc1)(C(=O)c1ccc(N2CCNCC2)cc1)N(C)C. The van der Waals surface area contributed by atoms with Crippen LogP contribution in [0.3, 0.4) is 0 Å². The lowest BCUT2D eigenvalue weighted by atomic mass is 9.80. The topological polar surface area (TPSA) is 52.7 Å². The molecular weight excluding hydrogens is 434 g/mol. The van der Waals surface area contributed by atoms with E-state index in [0.29, 0.717) is 24.0 Å². The first-order chi connectivity index (χ1) is 16.9. The third-order valence-electron chi connectivity index (χ3n) is 7.22. The zero-order valence-corrected chi connectivity index (χ0v) is 21.0. The van der Waals surface area contributed by atoms with E-state index in [-0.39, 0.29) is 11.6 Å². The van der Waals surface area contributed by atoms with E-state index in [1.165, 1.54) is 0 Å². The number of nitrogens with one attached hydrogen (secondary N) is 1. The summed E-state index contributed by atoms with van der Waals surface area (Å²) < 4.78 is 0. The van der Waals surface area contributed by atoms with Crippen molar-refractivity contribution in [3.05, 3.63) is 101 Å². The van der Waals surface area contributed by atoms with Crippen LogP contribution in [0.1, 0.15) is 45.2 Å². The van der Waals surface area contributed by atoms with Crippen molar-refractivity contribution in [1.82, 2.24) is 10.2 Å². The Hall–Kier alpha value is -3.28. The lowest BCUT2D eigenvalue weighted by Gasteiger charge is -2.38. The molecule has 0 saturated carbocycles. The number of nitrogens with zero attached hydrogens (tertiary/aromatic N) is 2. The molecule has 1 N–H and O–H groups in total. The number of benzene rings is 3. The lowest BCUT2D eigenvalue weighted by Crippen LogP contribution is -2.52. The predicted molar refractivity (Wildman–Crippen MR) is 143 cm³/mol. The summed E-state index contributed by atoms with van der Waals surface area (Å²) in [4.78, 5) is 31.0. The number of anilines is 1. The van der Waals surface area contributed by atoms with Gasteiger partial charge in [0.25, 0.3) is 0 Å². The number of hydrogen-bond acceptors (Lipinski definition) is 5. The molecule has 1 aliphatic rings. The molecule has 0 radical (unpaired) electrons. The lowest BCUT2D eigenvalue weighted by molar-refractivity contribution is 0.0666. The molecule has 1 atom stereocenters. The summed E-state index contributed by atoms with van der Waals surface area (Å²) in [6.07, 6.45) is 1.26. The minimum Gasteiger partial charge on any atom is -0.369 e. The van der Waals surface area contributed by atoms with E-state index >= 15 is 0 Å². The first-order valence-electron chi connectivity index (χ1n) is 12.4. The van der Waals surface area contributed by atoms with E-state index in [0.717, 1.165) is 43.0 Å². The van der Waals surface area contributed by atoms with Gasteiger partial charge in [-0.2, -0.15) is 0 Å². The summed E-state index contributed by atoms with van der Waals surface area (Å²) in [5.41, 5.74) is 3.60. The molecule has 5 heteroatoms. The van der Waals surface area contributed by atoms with Gasteiger partial charge in [-0.25, -0.2) is 0 Å². The van der Waals surface area contributed by atoms with E-state index in [9.17, 15) is 9.59 Å². The maximum atomic E-state index is 13.9. The molecule has 0 bridgehead atoms. The van der Waals surface area contributed by atoms with E-state index in [1.807, 2.05) is 85.7 Å². The molecule has 182 valence electrons. The van der Waals surface area contributed by atoms with Gasteiger partial charge < -0.3 is 10.2 Å². The zero-order valence-electron chi connectivity index (χ0n) is 21.0. The Balaban J connectivity index is 1.54. The van der Waals surface area contributed by atoms with Crippen LogP contribution in [-0.2, 0) is 6.42 Å². The monoisotopic (exact) mass is 469 g/mol. The summed E-state index contributed by atoms with van der Waals surface area (Å²) in [6, 6.07) is 25.1. The number of carbonyl (C=O) groups is 2. The van der Waals surface area contributed by atoms with E-state index in [4.69, 9.17) is 0 Å². The molecule has 0 spiro atoms. The summed E-state index contributed by atoms with van der Waals surface area (Å²) in [5, 5.41) is 3.38. The number of Topliss-reactive ketones (excluding diaryl/α,β-unsaturated/α-hetero) is 1. The van der Waals surface area contributed by atoms with Crippen molar-refractivity contribution in [2.45, 2.75) is 25.3 Å². The standard InChI is InChI=1S/C30H35N3O2/c1-4-30(32(2)3,29(35)26-14-16-27(17-15-26)33-20-18-31-19-21-33)22-23-10-12-25(13-11-23)28(34)24-8-6-5-7-9-24/h5-17,31H,4,18-22H2,1-3H3. The van der Waals surface area contributed by atoms with Crippen LogP contribution in [0.4, 0.5) is 5.69 Å². The van der Waals surface area contributed by atoms with Crippen LogP contribution >= 0.6 is 0 Å². The average Bonchev–Trinajstić information content (AvgIpc) is 2.92. The number of rotatable bonds is 9. The average molecular weight is 470 g/mol. The minimum atomic E-state index is -0.665. The van der Waals surface area contributed by atoms with Crippen molar-refractivity contribution < 1.29 is 9.59 Å². The predicted octanol–water partition coefficient (Wildman–Crippen LogP) is 4.46. The van der Waals surface area contributed by atoms with Crippen LogP contribution in [0, 0.1) is 0 Å². The first-order valence-corrected chi connectivity index (χ1v) is 12.4. The second-order valence-electron chi connectivity index (χ2n) is 9.46. The second-order valence-corrected chi connectivity index (χ2v) is 9.46. The van der Waals surface area contributed by atoms with Gasteiger partial charge in [-0.15, -0.1) is 0 Å². The number of carbonyl (C=O) groups excluding carboxylic acids is 2. The van der Waals surface area contributed by atoms with Crippen molar-refractivity contribution in [1.29, 1.82) is 0 Å². The van der Waals surface area contributed by atoms with Gasteiger partial charge in [0.05, 0.1) is 5.54 Å². The van der Waals surface area contributed by atoms with Crippen molar-refractivity contribution in [2.24, 2.45) is 0 Å². The summed E-state index contributed by atoms with van der Waals surface area (Å²) >= 11 is 0. The number of likely N-dealkylation sites (N-methyl/N-ethyl adjacent to an activating group) is 1. The number of ketones is 2. The van der Waals surface area contributed by atoms with Gasteiger partial charge >= 0.3 is 0 Å². The van der Waals surface area contributed by atoms with Crippen LogP contribution in [0.25, 0.3) is 0 Å². The molecule has 3 aromatic carbocycles. The molecule has 1 aliphatic heterocycles. The maximum absolute atomic E-state index is 13.9. The van der Waals surface area contributed by atoms with Gasteiger partial charge in [0.2, 0.25) is 0 Å². The van der Waals surface area contributed by atoms with Crippen LogP contribution in [0.5, 0.6) is 0 Å². The van der Waals surface area contributed by atoms with Gasteiger partial charge in [0.15, 0.2) is 11.6 Å². The highest BCUT2D eigenvalue weighted by atomic mass is 16.1. The van der Waals surface area contributed by atoms with Crippen molar-refractivity contribution >= 4 is 17.3 Å². The molecule has 1 unspecified atom stereocenters. The Labute approximate surface area is 208 Å². The largest absolute Gasteiger partial charge is 0.369 e. The molecule has 1 saturated heterocycles. The highest BCUT2D eigenvalue weighted by Gasteiger charge is 2.39. The summed E-state index contributed by atoms with van der Waals surface area (Å²) in [7, 11) is 3.95. The third kappa shape index (κ3) is 5.37.